The molecule has 4 nitrogen and oxygen atoms in total. The van der Waals surface area contributed by atoms with Gasteiger partial charge in [-0.3, -0.25) is 9.69 Å². The van der Waals surface area contributed by atoms with Crippen LogP contribution in [0.3, 0.4) is 0 Å². The van der Waals surface area contributed by atoms with E-state index in [1.54, 1.807) is 0 Å². The molecule has 0 spiro atoms. The highest BCUT2D eigenvalue weighted by molar-refractivity contribution is 5.86. The van der Waals surface area contributed by atoms with Crippen molar-refractivity contribution >= 4 is 11.8 Å². The first kappa shape index (κ1) is 19.8. The van der Waals surface area contributed by atoms with Crippen LogP contribution in [0, 0.1) is 17.8 Å². The van der Waals surface area contributed by atoms with Crippen molar-refractivity contribution in [1.29, 1.82) is 0 Å². The number of nitrogens with zero attached hydrogens (tertiary/aromatic N) is 1. The van der Waals surface area contributed by atoms with Crippen LogP contribution >= 0.6 is 0 Å². The minimum Gasteiger partial charge on any atom is -0.466 e. The zero-order valence-electron chi connectivity index (χ0n) is 14.7. The number of allylic oxidation sites excluding steroid dienone is 1. The number of ether oxygens (including phenoxy) is 1. The molecule has 0 heterocycles. The zero-order valence-corrected chi connectivity index (χ0v) is 14.7. The zero-order chi connectivity index (χ0) is 16.7. The molecule has 0 aromatic carbocycles. The molecule has 0 aliphatic heterocycles. The Morgan fingerprint density at radius 2 is 1.57 bits per heavy atom. The van der Waals surface area contributed by atoms with Crippen molar-refractivity contribution in [3.63, 3.8) is 0 Å². The monoisotopic (exact) mass is 297 g/mol. The van der Waals surface area contributed by atoms with E-state index in [0.29, 0.717) is 0 Å². The molecule has 0 fully saturated rings. The highest BCUT2D eigenvalue weighted by Gasteiger charge is 2.33. The van der Waals surface area contributed by atoms with Gasteiger partial charge in [0.05, 0.1) is 13.2 Å². The van der Waals surface area contributed by atoms with E-state index in [4.69, 9.17) is 0 Å². The maximum Gasteiger partial charge on any atom is 0.330 e. The van der Waals surface area contributed by atoms with Gasteiger partial charge >= 0.3 is 5.97 Å². The average Bonchev–Trinajstić information content (AvgIpc) is 2.43. The third-order valence-electron chi connectivity index (χ3n) is 4.18. The Balaban J connectivity index is 5.19. The van der Waals surface area contributed by atoms with Crippen molar-refractivity contribution < 1.29 is 14.3 Å². The van der Waals surface area contributed by atoms with Gasteiger partial charge in [-0.05, 0) is 32.7 Å². The summed E-state index contributed by atoms with van der Waals surface area (Å²) in [5, 5.41) is 0. The van der Waals surface area contributed by atoms with Crippen LogP contribution in [0.15, 0.2) is 12.2 Å². The molecule has 0 unspecified atom stereocenters. The SMILES string of the molecule is COC(=O)/C=C/[C@@H](C)[C@@H](C)[C@@H](C(=O)C(C)C)N(C)C(C)C. The van der Waals surface area contributed by atoms with Gasteiger partial charge in [-0.25, -0.2) is 4.79 Å². The van der Waals surface area contributed by atoms with Gasteiger partial charge in [0.25, 0.3) is 0 Å². The molecule has 0 aromatic heterocycles. The molecular weight excluding hydrogens is 266 g/mol. The van der Waals surface area contributed by atoms with Gasteiger partial charge in [0.1, 0.15) is 0 Å². The number of hydrogen-bond acceptors (Lipinski definition) is 4. The van der Waals surface area contributed by atoms with E-state index < -0.39 is 0 Å². The summed E-state index contributed by atoms with van der Waals surface area (Å²) in [7, 11) is 3.35. The third-order valence-corrected chi connectivity index (χ3v) is 4.18. The van der Waals surface area contributed by atoms with Crippen molar-refractivity contribution in [2.75, 3.05) is 14.2 Å². The summed E-state index contributed by atoms with van der Waals surface area (Å²) in [6.07, 6.45) is 3.26. The Kier molecular flexibility index (Phi) is 8.48. The Morgan fingerprint density at radius 3 is 1.95 bits per heavy atom. The van der Waals surface area contributed by atoms with Crippen LogP contribution in [-0.2, 0) is 14.3 Å². The van der Waals surface area contributed by atoms with E-state index in [1.165, 1.54) is 13.2 Å². The summed E-state index contributed by atoms with van der Waals surface area (Å²) in [6, 6.07) is 0.138. The van der Waals surface area contributed by atoms with Crippen molar-refractivity contribution in [3.8, 4) is 0 Å². The summed E-state index contributed by atoms with van der Waals surface area (Å²) in [5.41, 5.74) is 0. The molecule has 0 saturated heterocycles. The maximum atomic E-state index is 12.6. The van der Waals surface area contributed by atoms with Crippen LogP contribution in [0.1, 0.15) is 41.5 Å². The summed E-state index contributed by atoms with van der Waals surface area (Å²) in [4.78, 5) is 25.9. The Hall–Kier alpha value is -1.16. The summed E-state index contributed by atoms with van der Waals surface area (Å²) in [5.74, 6) is 0.108. The lowest BCUT2D eigenvalue weighted by Gasteiger charge is -2.37. The Morgan fingerprint density at radius 1 is 1.05 bits per heavy atom. The largest absolute Gasteiger partial charge is 0.466 e. The van der Waals surface area contributed by atoms with E-state index in [2.05, 4.69) is 30.4 Å². The molecule has 0 amide bonds. The first-order chi connectivity index (χ1) is 9.63. The molecule has 0 N–H and O–H groups in total. The summed E-state index contributed by atoms with van der Waals surface area (Å²) < 4.78 is 4.61. The van der Waals surface area contributed by atoms with Crippen molar-refractivity contribution in [3.05, 3.63) is 12.2 Å². The van der Waals surface area contributed by atoms with Crippen molar-refractivity contribution in [2.24, 2.45) is 17.8 Å². The van der Waals surface area contributed by atoms with Crippen molar-refractivity contribution in [2.45, 2.75) is 53.6 Å². The lowest BCUT2D eigenvalue weighted by Crippen LogP contribution is -2.49. The molecule has 3 atom stereocenters. The van der Waals surface area contributed by atoms with E-state index in [0.717, 1.165) is 0 Å². The topological polar surface area (TPSA) is 46.6 Å². The van der Waals surface area contributed by atoms with Gasteiger partial charge in [0.15, 0.2) is 5.78 Å². The highest BCUT2D eigenvalue weighted by Crippen LogP contribution is 2.24. The lowest BCUT2D eigenvalue weighted by atomic mass is 9.82. The summed E-state index contributed by atoms with van der Waals surface area (Å²) >= 11 is 0. The average molecular weight is 297 g/mol. The van der Waals surface area contributed by atoms with Gasteiger partial charge in [0, 0.05) is 18.0 Å². The fourth-order valence-corrected chi connectivity index (χ4v) is 2.25. The molecule has 0 saturated carbocycles. The van der Waals surface area contributed by atoms with Gasteiger partial charge in [-0.1, -0.05) is 33.8 Å². The predicted molar refractivity (Wildman–Crippen MR) is 86.0 cm³/mol. The van der Waals surface area contributed by atoms with E-state index in [1.807, 2.05) is 33.9 Å². The first-order valence-corrected chi connectivity index (χ1v) is 7.65. The van der Waals surface area contributed by atoms with Crippen molar-refractivity contribution in [1.82, 2.24) is 4.90 Å². The number of ketones is 1. The molecule has 0 aliphatic rings. The second-order valence-corrected chi connectivity index (χ2v) is 6.36. The number of carbonyl (C=O) groups is 2. The number of carbonyl (C=O) groups excluding carboxylic acids is 2. The lowest BCUT2D eigenvalue weighted by molar-refractivity contribution is -0.134. The minimum atomic E-state index is -0.363. The highest BCUT2D eigenvalue weighted by atomic mass is 16.5. The van der Waals surface area contributed by atoms with Gasteiger partial charge in [-0.2, -0.15) is 0 Å². The molecule has 21 heavy (non-hydrogen) atoms. The number of esters is 1. The number of rotatable bonds is 8. The number of hydrogen-bond donors (Lipinski definition) is 0. The van der Waals surface area contributed by atoms with Gasteiger partial charge in [-0.15, -0.1) is 0 Å². The smallest absolute Gasteiger partial charge is 0.330 e. The normalized spacial score (nSPS) is 16.5. The van der Waals surface area contributed by atoms with Crippen LogP contribution < -0.4 is 0 Å². The van der Waals surface area contributed by atoms with Crippen LogP contribution in [0.2, 0.25) is 0 Å². The quantitative estimate of drug-likeness (QED) is 0.510. The molecule has 0 radical (unpaired) electrons. The second-order valence-electron chi connectivity index (χ2n) is 6.36. The number of likely N-dealkylation sites (N-methyl/N-ethyl adjacent to an activating group) is 1. The maximum absolute atomic E-state index is 12.6. The van der Waals surface area contributed by atoms with Gasteiger partial charge < -0.3 is 4.74 Å². The van der Waals surface area contributed by atoms with Crippen LogP contribution in [0.4, 0.5) is 0 Å². The molecular formula is C17H31NO3. The standard InChI is InChI=1S/C17H31NO3/c1-11(2)17(20)16(18(7)12(3)4)14(6)13(5)9-10-15(19)21-8/h9-14,16H,1-8H3/b10-9+/t13-,14-,16+/m1/s1. The molecule has 0 bridgehead atoms. The van der Waals surface area contributed by atoms with Crippen LogP contribution in [0.5, 0.6) is 0 Å². The van der Waals surface area contributed by atoms with E-state index in [9.17, 15) is 9.59 Å². The van der Waals surface area contributed by atoms with E-state index >= 15 is 0 Å². The molecule has 4 heteroatoms. The fourth-order valence-electron chi connectivity index (χ4n) is 2.25. The summed E-state index contributed by atoms with van der Waals surface area (Å²) in [6.45, 7) is 12.1. The van der Waals surface area contributed by atoms with Crippen LogP contribution in [-0.4, -0.2) is 42.9 Å². The molecule has 122 valence electrons. The van der Waals surface area contributed by atoms with Crippen LogP contribution in [0.25, 0.3) is 0 Å². The predicted octanol–water partition coefficient (Wildman–Crippen LogP) is 2.92. The third kappa shape index (κ3) is 6.00. The molecule has 0 rings (SSSR count). The Bertz CT molecular complexity index is 374. The Labute approximate surface area is 129 Å². The van der Waals surface area contributed by atoms with E-state index in [-0.39, 0.29) is 41.6 Å². The molecule has 0 aliphatic carbocycles. The second kappa shape index (κ2) is 8.98. The minimum absolute atomic E-state index is 0.00423. The number of Topliss-reactive ketones (excluding diaryl/α,β-unsaturated/α-hetero) is 1. The number of methoxy groups -OCH3 is 1. The first-order valence-electron chi connectivity index (χ1n) is 7.65. The fraction of sp³-hybridized carbons (Fsp3) is 0.765. The molecule has 0 aromatic rings. The van der Waals surface area contributed by atoms with Gasteiger partial charge in [0.2, 0.25) is 0 Å².